The molecule has 1 aliphatic carbocycles. The van der Waals surface area contributed by atoms with Crippen LogP contribution >= 0.6 is 0 Å². The molecule has 21 heavy (non-hydrogen) atoms. The summed E-state index contributed by atoms with van der Waals surface area (Å²) >= 11 is 0. The molecule has 1 heterocycles. The third-order valence-electron chi connectivity index (χ3n) is 3.76. The molecule has 0 N–H and O–H groups in total. The molecule has 0 spiro atoms. The molecule has 0 saturated carbocycles. The SMILES string of the molecule is Cc1cc(C#N)c(C2=CCC(F)(F)CC2)nc1C(C)(C)C. The third-order valence-corrected chi connectivity index (χ3v) is 3.76. The molecule has 0 aromatic carbocycles. The lowest BCUT2D eigenvalue weighted by Crippen LogP contribution is -2.20. The van der Waals surface area contributed by atoms with Crippen LogP contribution in [0.5, 0.6) is 0 Å². The zero-order chi connectivity index (χ0) is 15.8. The van der Waals surface area contributed by atoms with E-state index < -0.39 is 5.92 Å². The Labute approximate surface area is 124 Å². The molecule has 2 nitrogen and oxygen atoms in total. The summed E-state index contributed by atoms with van der Waals surface area (Å²) in [5.74, 6) is -2.63. The maximum atomic E-state index is 13.3. The van der Waals surface area contributed by atoms with E-state index in [1.807, 2.05) is 13.0 Å². The van der Waals surface area contributed by atoms with E-state index in [0.29, 0.717) is 11.3 Å². The van der Waals surface area contributed by atoms with Crippen molar-refractivity contribution in [3.05, 3.63) is 34.7 Å². The Morgan fingerprint density at radius 1 is 1.33 bits per heavy atom. The van der Waals surface area contributed by atoms with Gasteiger partial charge in [-0.3, -0.25) is 4.98 Å². The van der Waals surface area contributed by atoms with Crippen molar-refractivity contribution in [2.24, 2.45) is 0 Å². The summed E-state index contributed by atoms with van der Waals surface area (Å²) in [4.78, 5) is 4.65. The minimum atomic E-state index is -2.63. The van der Waals surface area contributed by atoms with Gasteiger partial charge in [0.25, 0.3) is 5.92 Å². The van der Waals surface area contributed by atoms with Crippen molar-refractivity contribution in [3.63, 3.8) is 0 Å². The van der Waals surface area contributed by atoms with Gasteiger partial charge in [-0.2, -0.15) is 5.26 Å². The second-order valence-corrected chi connectivity index (χ2v) is 6.70. The first-order valence-corrected chi connectivity index (χ1v) is 7.13. The summed E-state index contributed by atoms with van der Waals surface area (Å²) < 4.78 is 26.6. The van der Waals surface area contributed by atoms with E-state index in [1.54, 1.807) is 0 Å². The molecule has 4 heteroatoms. The van der Waals surface area contributed by atoms with Crippen molar-refractivity contribution >= 4 is 5.57 Å². The van der Waals surface area contributed by atoms with Crippen molar-refractivity contribution in [1.29, 1.82) is 5.26 Å². The molecule has 0 unspecified atom stereocenters. The quantitative estimate of drug-likeness (QED) is 0.747. The highest BCUT2D eigenvalue weighted by Crippen LogP contribution is 2.37. The summed E-state index contributed by atoms with van der Waals surface area (Å²) in [6.07, 6.45) is 1.35. The van der Waals surface area contributed by atoms with Gasteiger partial charge in [-0.05, 0) is 30.5 Å². The van der Waals surface area contributed by atoms with Crippen LogP contribution in [0.4, 0.5) is 8.78 Å². The van der Waals surface area contributed by atoms with E-state index in [0.717, 1.165) is 16.8 Å². The van der Waals surface area contributed by atoms with Crippen LogP contribution in [0.15, 0.2) is 12.1 Å². The predicted molar refractivity (Wildman–Crippen MR) is 79.2 cm³/mol. The van der Waals surface area contributed by atoms with E-state index in [-0.39, 0.29) is 24.7 Å². The molecule has 0 amide bonds. The number of aryl methyl sites for hydroxylation is 1. The van der Waals surface area contributed by atoms with Crippen LogP contribution in [0.3, 0.4) is 0 Å². The Kier molecular flexibility index (Phi) is 3.88. The Balaban J connectivity index is 2.54. The molecule has 1 aromatic heterocycles. The standard InChI is InChI=1S/C17H20F2N2/c1-11-9-13(10-20)14(21-15(11)16(2,3)4)12-5-7-17(18,19)8-6-12/h5,9H,6-8H2,1-4H3. The fraction of sp³-hybridized carbons (Fsp3) is 0.529. The Hall–Kier alpha value is -1.76. The lowest BCUT2D eigenvalue weighted by atomic mass is 9.86. The van der Waals surface area contributed by atoms with Gasteiger partial charge >= 0.3 is 0 Å². The highest BCUT2D eigenvalue weighted by Gasteiger charge is 2.32. The van der Waals surface area contributed by atoms with Crippen LogP contribution < -0.4 is 0 Å². The Morgan fingerprint density at radius 3 is 2.48 bits per heavy atom. The monoisotopic (exact) mass is 290 g/mol. The molecular formula is C17H20F2N2. The minimum absolute atomic E-state index is 0.147. The van der Waals surface area contributed by atoms with Gasteiger partial charge in [0.1, 0.15) is 6.07 Å². The number of nitriles is 1. The molecule has 1 aromatic rings. The number of aromatic nitrogens is 1. The van der Waals surface area contributed by atoms with Crippen LogP contribution in [-0.4, -0.2) is 10.9 Å². The molecule has 0 atom stereocenters. The molecule has 112 valence electrons. The van der Waals surface area contributed by atoms with Crippen LogP contribution in [0.25, 0.3) is 5.57 Å². The highest BCUT2D eigenvalue weighted by molar-refractivity contribution is 5.69. The molecule has 0 saturated heterocycles. The third kappa shape index (κ3) is 3.29. The van der Waals surface area contributed by atoms with Gasteiger partial charge in [0.05, 0.1) is 11.3 Å². The Bertz CT molecular complexity index is 631. The van der Waals surface area contributed by atoms with Crippen molar-refractivity contribution < 1.29 is 8.78 Å². The van der Waals surface area contributed by atoms with E-state index in [2.05, 4.69) is 31.8 Å². The summed E-state index contributed by atoms with van der Waals surface area (Å²) in [6.45, 7) is 8.10. The maximum absolute atomic E-state index is 13.3. The summed E-state index contributed by atoms with van der Waals surface area (Å²) in [6, 6.07) is 3.96. The largest absolute Gasteiger partial charge is 0.251 e. The zero-order valence-electron chi connectivity index (χ0n) is 12.9. The number of allylic oxidation sites excluding steroid dienone is 2. The van der Waals surface area contributed by atoms with Crippen LogP contribution in [0.1, 0.15) is 62.5 Å². The molecule has 1 aliphatic rings. The van der Waals surface area contributed by atoms with Gasteiger partial charge in [-0.15, -0.1) is 0 Å². The van der Waals surface area contributed by atoms with Crippen molar-refractivity contribution in [2.75, 3.05) is 0 Å². The number of nitrogens with zero attached hydrogens (tertiary/aromatic N) is 2. The van der Waals surface area contributed by atoms with Crippen molar-refractivity contribution in [2.45, 2.75) is 58.3 Å². The highest BCUT2D eigenvalue weighted by atomic mass is 19.3. The zero-order valence-corrected chi connectivity index (χ0v) is 12.9. The first-order valence-electron chi connectivity index (χ1n) is 7.13. The van der Waals surface area contributed by atoms with Gasteiger partial charge in [0.15, 0.2) is 0 Å². The van der Waals surface area contributed by atoms with Crippen LogP contribution in [0.2, 0.25) is 0 Å². The fourth-order valence-electron chi connectivity index (χ4n) is 2.71. The average molecular weight is 290 g/mol. The number of hydrogen-bond acceptors (Lipinski definition) is 2. The van der Waals surface area contributed by atoms with Gasteiger partial charge in [-0.25, -0.2) is 8.78 Å². The molecule has 2 rings (SSSR count). The number of rotatable bonds is 1. The van der Waals surface area contributed by atoms with E-state index in [4.69, 9.17) is 0 Å². The maximum Gasteiger partial charge on any atom is 0.251 e. The number of alkyl halides is 2. The van der Waals surface area contributed by atoms with Gasteiger partial charge in [0, 0.05) is 24.0 Å². The minimum Gasteiger partial charge on any atom is -0.251 e. The predicted octanol–water partition coefficient (Wildman–Crippen LogP) is 4.76. The smallest absolute Gasteiger partial charge is 0.251 e. The number of halogens is 2. The fourth-order valence-corrected chi connectivity index (χ4v) is 2.71. The van der Waals surface area contributed by atoms with Gasteiger partial charge in [-0.1, -0.05) is 26.8 Å². The summed E-state index contributed by atoms with van der Waals surface area (Å²) in [7, 11) is 0. The van der Waals surface area contributed by atoms with Crippen LogP contribution in [-0.2, 0) is 5.41 Å². The van der Waals surface area contributed by atoms with Crippen molar-refractivity contribution in [3.8, 4) is 6.07 Å². The lowest BCUT2D eigenvalue weighted by molar-refractivity contribution is -0.00606. The summed E-state index contributed by atoms with van der Waals surface area (Å²) in [5.41, 5.74) is 3.54. The van der Waals surface area contributed by atoms with Gasteiger partial charge < -0.3 is 0 Å². The molecule has 0 bridgehead atoms. The molecule has 0 fully saturated rings. The molecule has 0 radical (unpaired) electrons. The molecular weight excluding hydrogens is 270 g/mol. The van der Waals surface area contributed by atoms with E-state index in [9.17, 15) is 14.0 Å². The normalized spacial score (nSPS) is 18.0. The average Bonchev–Trinajstić information content (AvgIpc) is 2.37. The Morgan fingerprint density at radius 2 is 2.00 bits per heavy atom. The second-order valence-electron chi connectivity index (χ2n) is 6.70. The number of pyridine rings is 1. The second kappa shape index (κ2) is 5.22. The first-order chi connectivity index (χ1) is 9.64. The number of hydrogen-bond donors (Lipinski definition) is 0. The van der Waals surface area contributed by atoms with Gasteiger partial charge in [0.2, 0.25) is 0 Å². The van der Waals surface area contributed by atoms with Crippen LogP contribution in [0, 0.1) is 18.3 Å². The van der Waals surface area contributed by atoms with E-state index >= 15 is 0 Å². The van der Waals surface area contributed by atoms with E-state index in [1.165, 1.54) is 6.08 Å². The lowest BCUT2D eigenvalue weighted by Gasteiger charge is -2.25. The first kappa shape index (κ1) is 15.6. The summed E-state index contributed by atoms with van der Waals surface area (Å²) in [5, 5.41) is 9.30. The van der Waals surface area contributed by atoms with Crippen molar-refractivity contribution in [1.82, 2.24) is 4.98 Å². The topological polar surface area (TPSA) is 36.7 Å². The molecule has 0 aliphatic heterocycles.